The van der Waals surface area contributed by atoms with Crippen LogP contribution in [-0.4, -0.2) is 35.7 Å². The summed E-state index contributed by atoms with van der Waals surface area (Å²) in [5.74, 6) is 0. The van der Waals surface area contributed by atoms with Crippen LogP contribution in [0.25, 0.3) is 0 Å². The summed E-state index contributed by atoms with van der Waals surface area (Å²) < 4.78 is 0. The molecule has 0 aliphatic heterocycles. The largest absolute Gasteiger partial charge is 0.361 e. The Morgan fingerprint density at radius 2 is 0.588 bits per heavy atom. The molecular formula is C43H86N6S2. The van der Waals surface area contributed by atoms with Gasteiger partial charge in [-0.05, 0) is 56.5 Å². The molecule has 0 radical (unpaired) electrons. The van der Waals surface area contributed by atoms with E-state index >= 15 is 0 Å². The highest BCUT2D eigenvalue weighted by molar-refractivity contribution is 7.80. The van der Waals surface area contributed by atoms with Crippen molar-refractivity contribution in [3.63, 3.8) is 0 Å². The number of hydrogen-bond acceptors (Lipinski definition) is 4. The van der Waals surface area contributed by atoms with Gasteiger partial charge < -0.3 is 10.6 Å². The van der Waals surface area contributed by atoms with Crippen molar-refractivity contribution in [1.29, 1.82) is 0 Å². The zero-order chi connectivity index (χ0) is 37.0. The Kier molecular flexibility index (Phi) is 43.8. The topological polar surface area (TPSA) is 72.8 Å². The molecule has 0 bridgehead atoms. The molecule has 0 rings (SSSR count). The number of thiocarbonyl (C=S) groups is 2. The molecular weight excluding hydrogens is 665 g/mol. The van der Waals surface area contributed by atoms with Gasteiger partial charge in [-0.3, -0.25) is 10.9 Å². The molecule has 0 fully saturated rings. The van der Waals surface area contributed by atoms with Gasteiger partial charge in [-0.15, -0.1) is 0 Å². The molecule has 0 saturated heterocycles. The molecule has 300 valence electrons. The van der Waals surface area contributed by atoms with E-state index in [-0.39, 0.29) is 0 Å². The summed E-state index contributed by atoms with van der Waals surface area (Å²) >= 11 is 10.7. The Hall–Kier alpha value is -1.28. The fourth-order valence-electron chi connectivity index (χ4n) is 6.47. The number of unbranched alkanes of at least 4 members (excludes halogenated alkanes) is 32. The van der Waals surface area contributed by atoms with Crippen LogP contribution in [0, 0.1) is 0 Å². The second-order valence-electron chi connectivity index (χ2n) is 14.9. The van der Waals surface area contributed by atoms with Crippen molar-refractivity contribution in [2.24, 2.45) is 10.2 Å². The predicted molar refractivity (Wildman–Crippen MR) is 237 cm³/mol. The molecule has 0 aromatic heterocycles. The molecule has 4 N–H and O–H groups in total. The molecule has 0 spiro atoms. The summed E-state index contributed by atoms with van der Waals surface area (Å²) in [4.78, 5) is 0. The van der Waals surface area contributed by atoms with Gasteiger partial charge in [0.25, 0.3) is 0 Å². The molecule has 8 heteroatoms. The van der Waals surface area contributed by atoms with E-state index < -0.39 is 0 Å². The van der Waals surface area contributed by atoms with Crippen LogP contribution < -0.4 is 21.5 Å². The fraction of sp³-hybridized carbons (Fsp3) is 0.907. The second kappa shape index (κ2) is 44.9. The lowest BCUT2D eigenvalue weighted by molar-refractivity contribution is 0.529. The molecule has 0 unspecified atom stereocenters. The van der Waals surface area contributed by atoms with Crippen LogP contribution in [0.4, 0.5) is 0 Å². The van der Waals surface area contributed by atoms with Crippen LogP contribution in [0.3, 0.4) is 0 Å². The molecule has 0 atom stereocenters. The third kappa shape index (κ3) is 44.8. The summed E-state index contributed by atoms with van der Waals surface area (Å²) in [5, 5.41) is 16.2. The Balaban J connectivity index is 3.34. The van der Waals surface area contributed by atoms with Gasteiger partial charge in [-0.25, -0.2) is 0 Å². The molecule has 0 amide bonds. The van der Waals surface area contributed by atoms with Crippen molar-refractivity contribution in [2.75, 3.05) is 13.1 Å². The van der Waals surface area contributed by atoms with Gasteiger partial charge in [-0.1, -0.05) is 206 Å². The van der Waals surface area contributed by atoms with E-state index in [4.69, 9.17) is 24.4 Å². The Labute approximate surface area is 329 Å². The van der Waals surface area contributed by atoms with E-state index in [1.807, 2.05) is 12.4 Å². The normalized spacial score (nSPS) is 11.5. The first-order valence-corrected chi connectivity index (χ1v) is 23.1. The minimum absolute atomic E-state index is 0.610. The minimum Gasteiger partial charge on any atom is -0.361 e. The van der Waals surface area contributed by atoms with E-state index in [1.165, 1.54) is 193 Å². The van der Waals surface area contributed by atoms with Crippen molar-refractivity contribution in [2.45, 2.75) is 239 Å². The van der Waals surface area contributed by atoms with Crippen molar-refractivity contribution < 1.29 is 0 Å². The molecule has 0 aliphatic carbocycles. The smallest absolute Gasteiger partial charge is 0.186 e. The van der Waals surface area contributed by atoms with Gasteiger partial charge in [0.2, 0.25) is 0 Å². The molecule has 0 aromatic carbocycles. The first kappa shape index (κ1) is 49.7. The molecule has 0 aromatic rings. The third-order valence-corrected chi connectivity index (χ3v) is 10.3. The molecule has 51 heavy (non-hydrogen) atoms. The lowest BCUT2D eigenvalue weighted by Gasteiger charge is -2.07. The van der Waals surface area contributed by atoms with Gasteiger partial charge in [-0.2, -0.15) is 10.2 Å². The standard InChI is InChI=1S/C43H86N6S2/c1-3-5-7-9-11-13-15-17-19-21-23-25-27-29-31-34-38-44-42(50)48-46-40-36-33-37-41-47-49-43(51)45-39-35-32-30-28-26-24-22-20-18-16-14-12-10-8-6-4-2/h40-41H,3-39H2,1-2H3,(H2,44,48,50)(H2,45,49,51)/b46-40-,47-41-. The van der Waals surface area contributed by atoms with Crippen molar-refractivity contribution in [3.8, 4) is 0 Å². The highest BCUT2D eigenvalue weighted by atomic mass is 32.1. The van der Waals surface area contributed by atoms with Gasteiger partial charge in [0.05, 0.1) is 0 Å². The maximum atomic E-state index is 5.33. The number of hydrazone groups is 2. The van der Waals surface area contributed by atoms with E-state index in [0.29, 0.717) is 10.2 Å². The van der Waals surface area contributed by atoms with Gasteiger partial charge >= 0.3 is 0 Å². The molecule has 0 aliphatic rings. The average Bonchev–Trinajstić information content (AvgIpc) is 3.13. The van der Waals surface area contributed by atoms with Crippen LogP contribution in [0.2, 0.25) is 0 Å². The molecule has 6 nitrogen and oxygen atoms in total. The highest BCUT2D eigenvalue weighted by Gasteiger charge is 1.98. The Morgan fingerprint density at radius 1 is 0.353 bits per heavy atom. The number of hydrogen-bond donors (Lipinski definition) is 4. The predicted octanol–water partition coefficient (Wildman–Crippen LogP) is 13.6. The zero-order valence-corrected chi connectivity index (χ0v) is 35.7. The third-order valence-electron chi connectivity index (χ3n) is 9.81. The van der Waals surface area contributed by atoms with Crippen molar-refractivity contribution in [1.82, 2.24) is 21.5 Å². The van der Waals surface area contributed by atoms with E-state index in [1.54, 1.807) is 0 Å². The first-order valence-electron chi connectivity index (χ1n) is 22.3. The summed E-state index contributed by atoms with van der Waals surface area (Å²) in [6, 6.07) is 0. The lowest BCUT2D eigenvalue weighted by atomic mass is 10.0. The number of nitrogens with zero attached hydrogens (tertiary/aromatic N) is 2. The van der Waals surface area contributed by atoms with Crippen LogP contribution >= 0.6 is 24.4 Å². The highest BCUT2D eigenvalue weighted by Crippen LogP contribution is 2.15. The van der Waals surface area contributed by atoms with E-state index in [0.717, 1.165) is 45.2 Å². The van der Waals surface area contributed by atoms with Crippen LogP contribution in [-0.2, 0) is 0 Å². The number of rotatable bonds is 40. The van der Waals surface area contributed by atoms with Crippen molar-refractivity contribution in [3.05, 3.63) is 0 Å². The maximum absolute atomic E-state index is 5.33. The Bertz CT molecular complexity index is 714. The SMILES string of the molecule is CCCCCCCCCCCCCCCCCCNC(=S)N/N=C\CCC/C=N\NC(=S)NCCCCCCCCCCCCCCCCCC. The Morgan fingerprint density at radius 3 is 0.843 bits per heavy atom. The monoisotopic (exact) mass is 751 g/mol. The summed E-state index contributed by atoms with van der Waals surface area (Å²) in [6.45, 7) is 6.42. The van der Waals surface area contributed by atoms with Gasteiger partial charge in [0, 0.05) is 25.5 Å². The van der Waals surface area contributed by atoms with Gasteiger partial charge in [0.15, 0.2) is 10.2 Å². The first-order chi connectivity index (χ1) is 25.2. The maximum Gasteiger partial charge on any atom is 0.186 e. The summed E-state index contributed by atoms with van der Waals surface area (Å²) in [5.41, 5.74) is 5.86. The quantitative estimate of drug-likeness (QED) is 0.0216. The van der Waals surface area contributed by atoms with Crippen LogP contribution in [0.5, 0.6) is 0 Å². The van der Waals surface area contributed by atoms with Gasteiger partial charge in [0.1, 0.15) is 0 Å². The summed E-state index contributed by atoms with van der Waals surface area (Å²) in [7, 11) is 0. The fourth-order valence-corrected chi connectivity index (χ4v) is 6.78. The summed E-state index contributed by atoms with van der Waals surface area (Å²) in [6.07, 6.45) is 51.0. The van der Waals surface area contributed by atoms with Crippen molar-refractivity contribution >= 4 is 47.1 Å². The average molecular weight is 751 g/mol. The van der Waals surface area contributed by atoms with E-state index in [9.17, 15) is 0 Å². The lowest BCUT2D eigenvalue weighted by Crippen LogP contribution is -2.32. The second-order valence-corrected chi connectivity index (χ2v) is 15.7. The number of nitrogens with one attached hydrogen (secondary N) is 4. The molecule has 0 heterocycles. The van der Waals surface area contributed by atoms with Crippen LogP contribution in [0.1, 0.15) is 239 Å². The molecule has 0 saturated carbocycles. The minimum atomic E-state index is 0.610. The van der Waals surface area contributed by atoms with E-state index in [2.05, 4.69) is 45.5 Å². The zero-order valence-electron chi connectivity index (χ0n) is 34.0. The van der Waals surface area contributed by atoms with Crippen LogP contribution in [0.15, 0.2) is 10.2 Å².